The van der Waals surface area contributed by atoms with Gasteiger partial charge in [0.15, 0.2) is 6.10 Å². The van der Waals surface area contributed by atoms with Gasteiger partial charge in [-0.15, -0.1) is 0 Å². The quantitative estimate of drug-likeness (QED) is 0.0146. The van der Waals surface area contributed by atoms with Crippen LogP contribution in [0.1, 0.15) is 219 Å². The van der Waals surface area contributed by atoms with Gasteiger partial charge in [0, 0.05) is 12.8 Å². The number of hydrogen-bond donors (Lipinski definition) is 6. The molecule has 6 unspecified atom stereocenters. The summed E-state index contributed by atoms with van der Waals surface area (Å²) < 4.78 is 33.6. The molecule has 8 atom stereocenters. The van der Waals surface area contributed by atoms with Crippen LogP contribution < -0.4 is 0 Å². The molecular formula is C47H89O13P. The number of hydrogen-bond acceptors (Lipinski definition) is 12. The highest BCUT2D eigenvalue weighted by Gasteiger charge is 2.51. The van der Waals surface area contributed by atoms with Crippen molar-refractivity contribution in [2.75, 3.05) is 13.2 Å². The molecule has 1 aliphatic carbocycles. The fourth-order valence-electron chi connectivity index (χ4n) is 7.64. The summed E-state index contributed by atoms with van der Waals surface area (Å²) in [6.45, 7) is 3.32. The van der Waals surface area contributed by atoms with Gasteiger partial charge in [-0.05, 0) is 38.5 Å². The van der Waals surface area contributed by atoms with Crippen molar-refractivity contribution in [2.24, 2.45) is 0 Å². The Morgan fingerprint density at radius 3 is 1.25 bits per heavy atom. The lowest BCUT2D eigenvalue weighted by atomic mass is 9.85. The van der Waals surface area contributed by atoms with Gasteiger partial charge in [0.2, 0.25) is 0 Å². The van der Waals surface area contributed by atoms with Crippen molar-refractivity contribution in [3.05, 3.63) is 12.2 Å². The Morgan fingerprint density at radius 1 is 0.492 bits per heavy atom. The van der Waals surface area contributed by atoms with Gasteiger partial charge in [0.05, 0.1) is 6.61 Å². The fraction of sp³-hybridized carbons (Fsp3) is 0.915. The van der Waals surface area contributed by atoms with Crippen molar-refractivity contribution in [1.29, 1.82) is 0 Å². The summed E-state index contributed by atoms with van der Waals surface area (Å²) in [5, 5.41) is 50.2. The number of phosphoric ester groups is 1. The maximum Gasteiger partial charge on any atom is 0.472 e. The molecule has 1 saturated carbocycles. The third-order valence-electron chi connectivity index (χ3n) is 11.6. The van der Waals surface area contributed by atoms with E-state index in [1.165, 1.54) is 122 Å². The van der Waals surface area contributed by atoms with Crippen molar-refractivity contribution in [1.82, 2.24) is 0 Å². The monoisotopic (exact) mass is 893 g/mol. The van der Waals surface area contributed by atoms with Crippen molar-refractivity contribution in [3.63, 3.8) is 0 Å². The number of aliphatic hydroxyl groups excluding tert-OH is 5. The van der Waals surface area contributed by atoms with E-state index < -0.39 is 75.7 Å². The summed E-state index contributed by atoms with van der Waals surface area (Å²) in [5.74, 6) is -1.10. The van der Waals surface area contributed by atoms with Crippen LogP contribution in [-0.4, -0.2) is 98.3 Å². The summed E-state index contributed by atoms with van der Waals surface area (Å²) in [5.41, 5.74) is 0. The van der Waals surface area contributed by atoms with E-state index in [0.29, 0.717) is 12.8 Å². The number of aliphatic hydroxyl groups is 5. The van der Waals surface area contributed by atoms with Gasteiger partial charge in [-0.25, -0.2) is 4.57 Å². The Labute approximate surface area is 369 Å². The van der Waals surface area contributed by atoms with E-state index >= 15 is 0 Å². The minimum absolute atomic E-state index is 0.101. The van der Waals surface area contributed by atoms with E-state index in [2.05, 4.69) is 26.0 Å². The molecule has 0 saturated heterocycles. The number of allylic oxidation sites excluding steroid dienone is 2. The van der Waals surface area contributed by atoms with Crippen molar-refractivity contribution in [2.45, 2.75) is 262 Å². The maximum absolute atomic E-state index is 12.8. The highest BCUT2D eigenvalue weighted by Crippen LogP contribution is 2.47. The Bertz CT molecular complexity index is 1120. The molecule has 0 amide bonds. The Balaban J connectivity index is 2.42. The molecule has 0 bridgehead atoms. The second-order valence-electron chi connectivity index (χ2n) is 17.3. The van der Waals surface area contributed by atoms with Gasteiger partial charge in [-0.1, -0.05) is 180 Å². The third-order valence-corrected chi connectivity index (χ3v) is 12.6. The van der Waals surface area contributed by atoms with Crippen molar-refractivity contribution >= 4 is 19.8 Å². The van der Waals surface area contributed by atoms with Crippen LogP contribution in [0, 0.1) is 0 Å². The second-order valence-corrected chi connectivity index (χ2v) is 18.7. The normalized spacial score (nSPS) is 22.0. The molecule has 0 heterocycles. The van der Waals surface area contributed by atoms with Crippen LogP contribution in [0.4, 0.5) is 0 Å². The lowest BCUT2D eigenvalue weighted by Crippen LogP contribution is -2.64. The van der Waals surface area contributed by atoms with Crippen molar-refractivity contribution < 1.29 is 63.1 Å². The largest absolute Gasteiger partial charge is 0.472 e. The predicted octanol–water partition coefficient (Wildman–Crippen LogP) is 9.84. The molecule has 61 heavy (non-hydrogen) atoms. The van der Waals surface area contributed by atoms with E-state index in [1.807, 2.05) is 0 Å². The van der Waals surface area contributed by atoms with Crippen LogP contribution >= 0.6 is 7.82 Å². The highest BCUT2D eigenvalue weighted by atomic mass is 31.2. The first-order valence-electron chi connectivity index (χ1n) is 24.5. The van der Waals surface area contributed by atoms with Crippen LogP contribution in [0.5, 0.6) is 0 Å². The van der Waals surface area contributed by atoms with Crippen LogP contribution in [0.25, 0.3) is 0 Å². The maximum atomic E-state index is 12.8. The molecule has 0 radical (unpaired) electrons. The number of rotatable bonds is 41. The summed E-state index contributed by atoms with van der Waals surface area (Å²) in [6.07, 6.45) is 26.9. The van der Waals surface area contributed by atoms with E-state index in [0.717, 1.165) is 57.8 Å². The highest BCUT2D eigenvalue weighted by molar-refractivity contribution is 7.47. The molecule has 6 N–H and O–H groups in total. The van der Waals surface area contributed by atoms with Gasteiger partial charge in [-0.3, -0.25) is 18.6 Å². The van der Waals surface area contributed by atoms with E-state index in [9.17, 15) is 44.6 Å². The first-order chi connectivity index (χ1) is 29.4. The zero-order chi connectivity index (χ0) is 45.0. The van der Waals surface area contributed by atoms with Gasteiger partial charge in [0.1, 0.15) is 43.2 Å². The summed E-state index contributed by atoms with van der Waals surface area (Å²) in [4.78, 5) is 35.7. The average molecular weight is 893 g/mol. The van der Waals surface area contributed by atoms with Gasteiger partial charge < -0.3 is 39.9 Å². The molecule has 14 heteroatoms. The van der Waals surface area contributed by atoms with Gasteiger partial charge in [0.25, 0.3) is 0 Å². The Morgan fingerprint density at radius 2 is 0.836 bits per heavy atom. The standard InChI is InChI=1S/C47H89O13P/c1-3-5-7-9-11-13-15-17-19-20-22-23-25-27-29-31-33-35-40(48)57-37-39(38-58-61(55,56)60-47-45(53)43(51)42(50)44(52)46(47)54)59-41(49)36-34-32-30-28-26-24-21-18-16-14-12-10-8-6-4-2/h20,22,39,42-47,50-54H,3-19,21,23-38H2,1-2H3,(H,55,56)/b22-20-/t39-,42?,43-,44?,45?,46?,47?/m1/s1. The van der Waals surface area contributed by atoms with Gasteiger partial charge >= 0.3 is 19.8 Å². The number of carbonyl (C=O) groups excluding carboxylic acids is 2. The summed E-state index contributed by atoms with van der Waals surface area (Å²) >= 11 is 0. The van der Waals surface area contributed by atoms with Crippen LogP contribution in [0.15, 0.2) is 12.2 Å². The molecule has 1 rings (SSSR count). The zero-order valence-electron chi connectivity index (χ0n) is 38.2. The molecule has 0 aliphatic heterocycles. The molecular weight excluding hydrogens is 803 g/mol. The zero-order valence-corrected chi connectivity index (χ0v) is 39.1. The molecule has 13 nitrogen and oxygen atoms in total. The number of ether oxygens (including phenoxy) is 2. The first-order valence-corrected chi connectivity index (χ1v) is 26.0. The fourth-order valence-corrected chi connectivity index (χ4v) is 8.61. The molecule has 0 aromatic heterocycles. The van der Waals surface area contributed by atoms with Crippen LogP contribution in [0.2, 0.25) is 0 Å². The number of carbonyl (C=O) groups is 2. The topological polar surface area (TPSA) is 210 Å². The first kappa shape index (κ1) is 57.6. The van der Waals surface area contributed by atoms with Gasteiger partial charge in [-0.2, -0.15) is 0 Å². The molecule has 1 fully saturated rings. The van der Waals surface area contributed by atoms with Crippen molar-refractivity contribution in [3.8, 4) is 0 Å². The lowest BCUT2D eigenvalue weighted by molar-refractivity contribution is -0.220. The predicted molar refractivity (Wildman–Crippen MR) is 240 cm³/mol. The van der Waals surface area contributed by atoms with E-state index in [-0.39, 0.29) is 12.8 Å². The number of unbranched alkanes of at least 4 members (excludes halogenated alkanes) is 27. The third kappa shape index (κ3) is 30.4. The van der Waals surface area contributed by atoms with Crippen LogP contribution in [-0.2, 0) is 32.7 Å². The molecule has 1 aliphatic rings. The second kappa shape index (κ2) is 37.9. The molecule has 0 spiro atoms. The summed E-state index contributed by atoms with van der Waals surface area (Å²) in [7, 11) is -5.11. The molecule has 0 aromatic carbocycles. The van der Waals surface area contributed by atoms with E-state index in [1.54, 1.807) is 0 Å². The smallest absolute Gasteiger partial charge is 0.462 e. The Kier molecular flexibility index (Phi) is 35.8. The Hall–Kier alpha value is -1.41. The minimum Gasteiger partial charge on any atom is -0.462 e. The summed E-state index contributed by atoms with van der Waals surface area (Å²) in [6, 6.07) is 0. The minimum atomic E-state index is -5.11. The number of phosphoric acid groups is 1. The SMILES string of the molecule is CCCCCCCCCC/C=C\CCCCCCCC(=O)OC[C@H](COP(=O)(O)OC1C(O)C(O)C(O)[C@@H](O)C1O)OC(=O)CCCCCCCCCCCCCCCCC. The van der Waals surface area contributed by atoms with Crippen LogP contribution in [0.3, 0.4) is 0 Å². The molecule has 0 aromatic rings. The lowest BCUT2D eigenvalue weighted by Gasteiger charge is -2.41. The molecule has 360 valence electrons. The van der Waals surface area contributed by atoms with E-state index in [4.69, 9.17) is 18.5 Å². The average Bonchev–Trinajstić information content (AvgIpc) is 3.24. The number of esters is 2.